The van der Waals surface area contributed by atoms with Gasteiger partial charge in [-0.05, 0) is 24.6 Å². The molecule has 0 saturated carbocycles. The van der Waals surface area contributed by atoms with Crippen molar-refractivity contribution < 1.29 is 22.8 Å². The van der Waals surface area contributed by atoms with Gasteiger partial charge in [0.1, 0.15) is 6.54 Å². The third kappa shape index (κ3) is 6.84. The van der Waals surface area contributed by atoms with Crippen LogP contribution < -0.4 is 16.0 Å². The number of rotatable bonds is 4. The highest BCUT2D eigenvalue weighted by atomic mass is 35.5. The van der Waals surface area contributed by atoms with Crippen LogP contribution in [-0.2, 0) is 4.79 Å². The number of halogens is 4. The molecule has 5 nitrogen and oxygen atoms in total. The number of imide groups is 1. The summed E-state index contributed by atoms with van der Waals surface area (Å²) in [5.74, 6) is -0.772. The molecule has 0 saturated heterocycles. The molecule has 0 aliphatic carbocycles. The maximum Gasteiger partial charge on any atom is 0.405 e. The predicted octanol–water partition coefficient (Wildman–Crippen LogP) is 2.45. The number of hydrogen-bond acceptors (Lipinski definition) is 3. The number of hydrogen-bond donors (Lipinski definition) is 3. The van der Waals surface area contributed by atoms with E-state index >= 15 is 0 Å². The van der Waals surface area contributed by atoms with Gasteiger partial charge >= 0.3 is 12.2 Å². The normalized spacial score (nSPS) is 10.9. The zero-order valence-electron chi connectivity index (χ0n) is 11.0. The standard InChI is InChI=1S/C12H13ClF3N3O2/c1-7-2-3-8(4-9(7)13)17-5-10(20)19-11(21)18-6-12(14,15)16/h2-4,17H,5-6H2,1H3,(H2,18,19,20,21). The zero-order chi connectivity index (χ0) is 16.0. The van der Waals surface area contributed by atoms with Gasteiger partial charge in [-0.25, -0.2) is 4.79 Å². The van der Waals surface area contributed by atoms with E-state index in [1.54, 1.807) is 23.5 Å². The number of alkyl halides is 3. The molecule has 0 unspecified atom stereocenters. The summed E-state index contributed by atoms with van der Waals surface area (Å²) < 4.78 is 35.5. The summed E-state index contributed by atoms with van der Waals surface area (Å²) in [4.78, 5) is 22.4. The maximum atomic E-state index is 11.8. The molecule has 0 spiro atoms. The summed E-state index contributed by atoms with van der Waals surface area (Å²) in [7, 11) is 0. The largest absolute Gasteiger partial charge is 0.405 e. The van der Waals surface area contributed by atoms with Gasteiger partial charge < -0.3 is 10.6 Å². The number of amides is 3. The summed E-state index contributed by atoms with van der Waals surface area (Å²) in [6, 6.07) is 3.80. The molecule has 1 aromatic rings. The van der Waals surface area contributed by atoms with E-state index in [1.807, 2.05) is 6.92 Å². The Balaban J connectivity index is 2.37. The second kappa shape index (κ2) is 7.16. The lowest BCUT2D eigenvalue weighted by molar-refractivity contribution is -0.124. The fourth-order valence-corrected chi connectivity index (χ4v) is 1.46. The van der Waals surface area contributed by atoms with Gasteiger partial charge in [-0.1, -0.05) is 17.7 Å². The van der Waals surface area contributed by atoms with E-state index in [0.717, 1.165) is 5.56 Å². The third-order valence-corrected chi connectivity index (χ3v) is 2.73. The average molecular weight is 324 g/mol. The van der Waals surface area contributed by atoms with Crippen molar-refractivity contribution >= 4 is 29.2 Å². The lowest BCUT2D eigenvalue weighted by atomic mass is 10.2. The molecule has 3 N–H and O–H groups in total. The Morgan fingerprint density at radius 2 is 1.95 bits per heavy atom. The number of urea groups is 1. The van der Waals surface area contributed by atoms with Crippen molar-refractivity contribution in [1.29, 1.82) is 0 Å². The van der Waals surface area contributed by atoms with E-state index < -0.39 is 24.7 Å². The van der Waals surface area contributed by atoms with Crippen LogP contribution >= 0.6 is 11.6 Å². The number of carbonyl (C=O) groups is 2. The van der Waals surface area contributed by atoms with Crippen molar-refractivity contribution in [2.24, 2.45) is 0 Å². The molecule has 0 aliphatic heterocycles. The lowest BCUT2D eigenvalue weighted by Gasteiger charge is -2.10. The Bertz CT molecular complexity index is 535. The summed E-state index contributed by atoms with van der Waals surface area (Å²) in [6.45, 7) is 0.0236. The molecule has 0 aromatic heterocycles. The van der Waals surface area contributed by atoms with Crippen molar-refractivity contribution in [1.82, 2.24) is 10.6 Å². The van der Waals surface area contributed by atoms with Crippen LogP contribution in [0.1, 0.15) is 5.56 Å². The van der Waals surface area contributed by atoms with Gasteiger partial charge in [0.15, 0.2) is 0 Å². The number of aryl methyl sites for hydroxylation is 1. The smallest absolute Gasteiger partial charge is 0.376 e. The van der Waals surface area contributed by atoms with Gasteiger partial charge in [-0.15, -0.1) is 0 Å². The molecule has 0 radical (unpaired) electrons. The molecule has 9 heteroatoms. The first-order valence-corrected chi connectivity index (χ1v) is 6.19. The van der Waals surface area contributed by atoms with Gasteiger partial charge in [0.05, 0.1) is 6.54 Å². The minimum absolute atomic E-state index is 0.279. The average Bonchev–Trinajstić information content (AvgIpc) is 2.37. The van der Waals surface area contributed by atoms with Crippen LogP contribution in [0.4, 0.5) is 23.7 Å². The lowest BCUT2D eigenvalue weighted by Crippen LogP contribution is -2.45. The van der Waals surface area contributed by atoms with Crippen LogP contribution in [0.3, 0.4) is 0 Å². The Morgan fingerprint density at radius 3 is 2.52 bits per heavy atom. The fraction of sp³-hybridized carbons (Fsp3) is 0.333. The molecule has 3 amide bonds. The minimum atomic E-state index is -4.53. The van der Waals surface area contributed by atoms with Crippen LogP contribution in [0, 0.1) is 6.92 Å². The molecule has 0 aliphatic rings. The SMILES string of the molecule is Cc1ccc(NCC(=O)NC(=O)NCC(F)(F)F)cc1Cl. The Hall–Kier alpha value is -1.96. The van der Waals surface area contributed by atoms with E-state index in [1.165, 1.54) is 5.32 Å². The highest BCUT2D eigenvalue weighted by Gasteiger charge is 2.27. The first kappa shape index (κ1) is 17.1. The Labute approximate surface area is 123 Å². The Kier molecular flexibility index (Phi) is 5.83. The molecular formula is C12H13ClF3N3O2. The molecule has 0 heterocycles. The number of nitrogens with one attached hydrogen (secondary N) is 3. The second-order valence-corrected chi connectivity index (χ2v) is 4.57. The van der Waals surface area contributed by atoms with Crippen LogP contribution in [-0.4, -0.2) is 31.2 Å². The van der Waals surface area contributed by atoms with Crippen molar-refractivity contribution in [3.05, 3.63) is 28.8 Å². The van der Waals surface area contributed by atoms with E-state index in [2.05, 4.69) is 5.32 Å². The van der Waals surface area contributed by atoms with Crippen molar-refractivity contribution in [2.45, 2.75) is 13.1 Å². The maximum absolute atomic E-state index is 11.8. The number of anilines is 1. The quantitative estimate of drug-likeness (QED) is 0.797. The first-order valence-electron chi connectivity index (χ1n) is 5.82. The summed E-state index contributed by atoms with van der Waals surface area (Å²) >= 11 is 5.89. The van der Waals surface area contributed by atoms with Crippen LogP contribution in [0.2, 0.25) is 5.02 Å². The second-order valence-electron chi connectivity index (χ2n) is 4.16. The zero-order valence-corrected chi connectivity index (χ0v) is 11.7. The molecule has 1 rings (SSSR count). The molecular weight excluding hydrogens is 311 g/mol. The molecule has 116 valence electrons. The summed E-state index contributed by atoms with van der Waals surface area (Å²) in [5.41, 5.74) is 1.41. The highest BCUT2D eigenvalue weighted by molar-refractivity contribution is 6.31. The first-order chi connectivity index (χ1) is 9.67. The van der Waals surface area contributed by atoms with Gasteiger partial charge in [0.2, 0.25) is 5.91 Å². The Morgan fingerprint density at radius 1 is 1.29 bits per heavy atom. The molecule has 21 heavy (non-hydrogen) atoms. The fourth-order valence-electron chi connectivity index (χ4n) is 1.28. The monoisotopic (exact) mass is 323 g/mol. The third-order valence-electron chi connectivity index (χ3n) is 2.33. The molecule has 0 fully saturated rings. The van der Waals surface area contributed by atoms with Gasteiger partial charge in [0, 0.05) is 10.7 Å². The number of carbonyl (C=O) groups excluding carboxylic acids is 2. The summed E-state index contributed by atoms with van der Waals surface area (Å²) in [6.07, 6.45) is -4.53. The predicted molar refractivity (Wildman–Crippen MR) is 72.3 cm³/mol. The van der Waals surface area contributed by atoms with Crippen LogP contribution in [0.25, 0.3) is 0 Å². The van der Waals surface area contributed by atoms with Crippen molar-refractivity contribution in [3.8, 4) is 0 Å². The van der Waals surface area contributed by atoms with Gasteiger partial charge in [0.25, 0.3) is 0 Å². The molecule has 1 aromatic carbocycles. The molecule has 0 atom stereocenters. The highest BCUT2D eigenvalue weighted by Crippen LogP contribution is 2.19. The van der Waals surface area contributed by atoms with Crippen LogP contribution in [0.15, 0.2) is 18.2 Å². The van der Waals surface area contributed by atoms with Crippen molar-refractivity contribution in [3.63, 3.8) is 0 Å². The van der Waals surface area contributed by atoms with Crippen LogP contribution in [0.5, 0.6) is 0 Å². The van der Waals surface area contributed by atoms with E-state index in [9.17, 15) is 22.8 Å². The van der Waals surface area contributed by atoms with Crippen molar-refractivity contribution in [2.75, 3.05) is 18.4 Å². The van der Waals surface area contributed by atoms with E-state index in [0.29, 0.717) is 10.7 Å². The number of benzene rings is 1. The van der Waals surface area contributed by atoms with E-state index in [-0.39, 0.29) is 6.54 Å². The topological polar surface area (TPSA) is 70.2 Å². The van der Waals surface area contributed by atoms with Gasteiger partial charge in [-0.2, -0.15) is 13.2 Å². The van der Waals surface area contributed by atoms with Gasteiger partial charge in [-0.3, -0.25) is 10.1 Å². The minimum Gasteiger partial charge on any atom is -0.376 e. The summed E-state index contributed by atoms with van der Waals surface area (Å²) in [5, 5.41) is 6.48. The van der Waals surface area contributed by atoms with E-state index in [4.69, 9.17) is 11.6 Å². The molecule has 0 bridgehead atoms.